The number of nitrogens with one attached hydrogen (secondary N) is 1. The van der Waals surface area contributed by atoms with Gasteiger partial charge in [0.05, 0.1) is 5.56 Å². The molecule has 1 saturated heterocycles. The van der Waals surface area contributed by atoms with Crippen LogP contribution in [0.3, 0.4) is 0 Å². The summed E-state index contributed by atoms with van der Waals surface area (Å²) in [5.41, 5.74) is 3.14. The third kappa shape index (κ3) is 3.74. The van der Waals surface area contributed by atoms with E-state index in [0.29, 0.717) is 13.0 Å². The van der Waals surface area contributed by atoms with Crippen LogP contribution >= 0.6 is 0 Å². The number of aromatic carboxylic acids is 1. The molecule has 0 bridgehead atoms. The average Bonchev–Trinajstić information content (AvgIpc) is 2.61. The molecule has 0 aliphatic carbocycles. The van der Waals surface area contributed by atoms with Crippen molar-refractivity contribution in [2.75, 3.05) is 16.8 Å². The number of carboxylic acid groups (broad SMARTS) is 1. The lowest BCUT2D eigenvalue weighted by Gasteiger charge is -2.27. The molecule has 0 saturated carbocycles. The van der Waals surface area contributed by atoms with E-state index in [1.807, 2.05) is 29.2 Å². The number of amides is 1. The Balaban J connectivity index is 1.66. The van der Waals surface area contributed by atoms with Crippen molar-refractivity contribution in [1.29, 1.82) is 0 Å². The Morgan fingerprint density at radius 1 is 1.12 bits per heavy atom. The first-order chi connectivity index (χ1) is 11.6. The summed E-state index contributed by atoms with van der Waals surface area (Å²) in [5, 5.41) is 12.2. The number of anilines is 2. The predicted molar refractivity (Wildman–Crippen MR) is 93.4 cm³/mol. The number of rotatable bonds is 5. The molecular formula is C19H20N2O3. The van der Waals surface area contributed by atoms with E-state index >= 15 is 0 Å². The Hall–Kier alpha value is -2.82. The molecule has 0 atom stereocenters. The molecule has 0 aromatic heterocycles. The lowest BCUT2D eigenvalue weighted by molar-refractivity contribution is -0.119. The Morgan fingerprint density at radius 3 is 2.62 bits per heavy atom. The lowest BCUT2D eigenvalue weighted by atomic mass is 10.1. The second-order valence-corrected chi connectivity index (χ2v) is 5.91. The normalized spacial score (nSPS) is 14.5. The first-order valence-electron chi connectivity index (χ1n) is 8.10. The Labute approximate surface area is 140 Å². The summed E-state index contributed by atoms with van der Waals surface area (Å²) >= 11 is 0. The monoisotopic (exact) mass is 324 g/mol. The van der Waals surface area contributed by atoms with Crippen molar-refractivity contribution in [3.63, 3.8) is 0 Å². The predicted octanol–water partition coefficient (Wildman–Crippen LogP) is 3.51. The molecule has 5 nitrogen and oxygen atoms in total. The van der Waals surface area contributed by atoms with E-state index in [0.717, 1.165) is 36.3 Å². The van der Waals surface area contributed by atoms with E-state index in [-0.39, 0.29) is 11.5 Å². The minimum atomic E-state index is -0.923. The van der Waals surface area contributed by atoms with Gasteiger partial charge in [-0.15, -0.1) is 0 Å². The quantitative estimate of drug-likeness (QED) is 0.883. The van der Waals surface area contributed by atoms with Gasteiger partial charge >= 0.3 is 5.97 Å². The van der Waals surface area contributed by atoms with Gasteiger partial charge in [-0.05, 0) is 48.7 Å². The van der Waals surface area contributed by atoms with Crippen LogP contribution in [0, 0.1) is 0 Å². The Kier molecular flexibility index (Phi) is 4.79. The zero-order valence-electron chi connectivity index (χ0n) is 13.4. The van der Waals surface area contributed by atoms with Crippen molar-refractivity contribution < 1.29 is 14.7 Å². The smallest absolute Gasteiger partial charge is 0.335 e. The molecule has 5 heteroatoms. The van der Waals surface area contributed by atoms with Gasteiger partial charge in [0, 0.05) is 30.9 Å². The zero-order valence-corrected chi connectivity index (χ0v) is 13.4. The molecule has 1 aliphatic rings. The summed E-state index contributed by atoms with van der Waals surface area (Å²) in [6.07, 6.45) is 2.63. The van der Waals surface area contributed by atoms with Gasteiger partial charge in [-0.1, -0.05) is 18.2 Å². The van der Waals surface area contributed by atoms with Crippen LogP contribution in [0.1, 0.15) is 35.2 Å². The molecule has 2 N–H and O–H groups in total. The summed E-state index contributed by atoms with van der Waals surface area (Å²) in [6, 6.07) is 14.6. The topological polar surface area (TPSA) is 69.6 Å². The fraction of sp³-hybridized carbons (Fsp3) is 0.263. The minimum absolute atomic E-state index is 0.183. The number of nitrogens with zero attached hydrogens (tertiary/aromatic N) is 1. The molecular weight excluding hydrogens is 304 g/mol. The first kappa shape index (κ1) is 16.1. The highest BCUT2D eigenvalue weighted by Crippen LogP contribution is 2.24. The zero-order chi connectivity index (χ0) is 16.9. The average molecular weight is 324 g/mol. The van der Waals surface area contributed by atoms with Gasteiger partial charge < -0.3 is 15.3 Å². The van der Waals surface area contributed by atoms with Crippen molar-refractivity contribution in [3.05, 3.63) is 59.7 Å². The van der Waals surface area contributed by atoms with Gasteiger partial charge in [0.15, 0.2) is 0 Å². The van der Waals surface area contributed by atoms with E-state index in [4.69, 9.17) is 5.11 Å². The summed E-state index contributed by atoms with van der Waals surface area (Å²) in [5.74, 6) is -0.740. The van der Waals surface area contributed by atoms with Crippen molar-refractivity contribution >= 4 is 23.3 Å². The highest BCUT2D eigenvalue weighted by atomic mass is 16.4. The summed E-state index contributed by atoms with van der Waals surface area (Å²) in [6.45, 7) is 1.37. The molecule has 1 aliphatic heterocycles. The van der Waals surface area contributed by atoms with E-state index in [9.17, 15) is 9.59 Å². The fourth-order valence-corrected chi connectivity index (χ4v) is 2.83. The number of benzene rings is 2. The maximum Gasteiger partial charge on any atom is 0.335 e. The SMILES string of the molecule is O=C(O)c1ccc(CNc2cccc(N3CCCCC3=O)c2)cc1. The maximum absolute atomic E-state index is 12.0. The maximum atomic E-state index is 12.0. The Morgan fingerprint density at radius 2 is 1.92 bits per heavy atom. The van der Waals surface area contributed by atoms with Crippen molar-refractivity contribution in [2.45, 2.75) is 25.8 Å². The van der Waals surface area contributed by atoms with Crippen LogP contribution in [-0.4, -0.2) is 23.5 Å². The molecule has 1 heterocycles. The highest BCUT2D eigenvalue weighted by molar-refractivity contribution is 5.94. The second-order valence-electron chi connectivity index (χ2n) is 5.91. The molecule has 2 aromatic carbocycles. The van der Waals surface area contributed by atoms with Gasteiger partial charge in [-0.3, -0.25) is 4.79 Å². The van der Waals surface area contributed by atoms with E-state index in [1.54, 1.807) is 24.3 Å². The number of piperidine rings is 1. The van der Waals surface area contributed by atoms with Crippen molar-refractivity contribution in [1.82, 2.24) is 0 Å². The molecule has 1 amide bonds. The minimum Gasteiger partial charge on any atom is -0.478 e. The van der Waals surface area contributed by atoms with Gasteiger partial charge in [0.1, 0.15) is 0 Å². The van der Waals surface area contributed by atoms with Crippen LogP contribution < -0.4 is 10.2 Å². The number of carboxylic acids is 1. The summed E-state index contributed by atoms with van der Waals surface area (Å²) in [7, 11) is 0. The first-order valence-corrected chi connectivity index (χ1v) is 8.10. The molecule has 1 fully saturated rings. The standard InChI is InChI=1S/C19H20N2O3/c22-18-6-1-2-11-21(18)17-5-3-4-16(12-17)20-13-14-7-9-15(10-8-14)19(23)24/h3-5,7-10,12,20H,1-2,6,11,13H2,(H,23,24). The fourth-order valence-electron chi connectivity index (χ4n) is 2.83. The Bertz CT molecular complexity index is 741. The van der Waals surface area contributed by atoms with Crippen LogP contribution in [0.2, 0.25) is 0 Å². The molecule has 3 rings (SSSR count). The molecule has 0 unspecified atom stereocenters. The van der Waals surface area contributed by atoms with E-state index < -0.39 is 5.97 Å². The van der Waals surface area contributed by atoms with E-state index in [1.165, 1.54) is 0 Å². The molecule has 0 spiro atoms. The van der Waals surface area contributed by atoms with Gasteiger partial charge in [-0.2, -0.15) is 0 Å². The van der Waals surface area contributed by atoms with Crippen LogP contribution in [0.5, 0.6) is 0 Å². The number of hydrogen-bond donors (Lipinski definition) is 2. The third-order valence-electron chi connectivity index (χ3n) is 4.18. The van der Waals surface area contributed by atoms with Crippen molar-refractivity contribution in [3.8, 4) is 0 Å². The largest absolute Gasteiger partial charge is 0.478 e. The molecule has 124 valence electrons. The van der Waals surface area contributed by atoms with Gasteiger partial charge in [0.2, 0.25) is 5.91 Å². The number of carbonyl (C=O) groups excluding carboxylic acids is 1. The second kappa shape index (κ2) is 7.17. The lowest BCUT2D eigenvalue weighted by Crippen LogP contribution is -2.35. The number of hydrogen-bond acceptors (Lipinski definition) is 3. The van der Waals surface area contributed by atoms with Crippen LogP contribution in [-0.2, 0) is 11.3 Å². The van der Waals surface area contributed by atoms with Gasteiger partial charge in [0.25, 0.3) is 0 Å². The summed E-state index contributed by atoms with van der Waals surface area (Å²) < 4.78 is 0. The van der Waals surface area contributed by atoms with Crippen LogP contribution in [0.25, 0.3) is 0 Å². The summed E-state index contributed by atoms with van der Waals surface area (Å²) in [4.78, 5) is 24.7. The number of carbonyl (C=O) groups is 2. The van der Waals surface area contributed by atoms with Crippen LogP contribution in [0.15, 0.2) is 48.5 Å². The van der Waals surface area contributed by atoms with Crippen molar-refractivity contribution in [2.24, 2.45) is 0 Å². The van der Waals surface area contributed by atoms with E-state index in [2.05, 4.69) is 5.32 Å². The van der Waals surface area contributed by atoms with Crippen LogP contribution in [0.4, 0.5) is 11.4 Å². The highest BCUT2D eigenvalue weighted by Gasteiger charge is 2.19. The third-order valence-corrected chi connectivity index (χ3v) is 4.18. The molecule has 0 radical (unpaired) electrons. The molecule has 24 heavy (non-hydrogen) atoms. The molecule has 2 aromatic rings. The van der Waals surface area contributed by atoms with Gasteiger partial charge in [-0.25, -0.2) is 4.79 Å².